The van der Waals surface area contributed by atoms with Crippen LogP contribution in [0.2, 0.25) is 0 Å². The Labute approximate surface area is 63.6 Å². The van der Waals surface area contributed by atoms with Gasteiger partial charge in [-0.25, -0.2) is 0 Å². The molecular formula is C6H10N2O3. The van der Waals surface area contributed by atoms with Crippen molar-refractivity contribution in [3.63, 3.8) is 0 Å². The predicted octanol–water partition coefficient (Wildman–Crippen LogP) is -1.47. The second kappa shape index (κ2) is 2.87. The molecule has 62 valence electrons. The number of carbonyl (C=O) groups excluding carboxylic acids is 1. The van der Waals surface area contributed by atoms with Crippen molar-refractivity contribution in [2.24, 2.45) is 11.7 Å². The molecule has 1 heterocycles. The lowest BCUT2D eigenvalue weighted by molar-refractivity contribution is -0.142. The minimum atomic E-state index is -1.01. The number of hydrogen-bond donors (Lipinski definition) is 3. The molecule has 0 bridgehead atoms. The van der Waals surface area contributed by atoms with E-state index in [0.717, 1.165) is 0 Å². The van der Waals surface area contributed by atoms with Crippen LogP contribution in [0.3, 0.4) is 0 Å². The van der Waals surface area contributed by atoms with Gasteiger partial charge in [-0.2, -0.15) is 0 Å². The fraction of sp³-hybridized carbons (Fsp3) is 0.667. The zero-order valence-electron chi connectivity index (χ0n) is 5.91. The van der Waals surface area contributed by atoms with Crippen LogP contribution in [0.1, 0.15) is 6.42 Å². The van der Waals surface area contributed by atoms with Crippen LogP contribution in [0.25, 0.3) is 0 Å². The molecule has 0 aromatic rings. The van der Waals surface area contributed by atoms with E-state index in [9.17, 15) is 9.59 Å². The Kier molecular flexibility index (Phi) is 2.09. The molecule has 0 aliphatic carbocycles. The maximum Gasteiger partial charge on any atom is 0.321 e. The van der Waals surface area contributed by atoms with Crippen LogP contribution in [-0.4, -0.2) is 29.6 Å². The molecule has 0 aromatic heterocycles. The van der Waals surface area contributed by atoms with Crippen molar-refractivity contribution in [3.05, 3.63) is 0 Å². The number of carboxylic acid groups (broad SMARTS) is 1. The molecule has 1 aliphatic heterocycles. The quantitative estimate of drug-likeness (QED) is 0.457. The number of nitrogens with one attached hydrogen (secondary N) is 1. The van der Waals surface area contributed by atoms with Crippen LogP contribution in [0.15, 0.2) is 0 Å². The highest BCUT2D eigenvalue weighted by atomic mass is 16.4. The number of primary amides is 1. The number of carboxylic acids is 1. The number of carbonyl (C=O) groups is 2. The summed E-state index contributed by atoms with van der Waals surface area (Å²) in [5, 5.41) is 11.2. The number of amides is 1. The first-order valence-corrected chi connectivity index (χ1v) is 3.38. The summed E-state index contributed by atoms with van der Waals surface area (Å²) < 4.78 is 0. The standard InChI is InChI=1S/C6H10N2O3/c7-5(9)3-1-2-8-4(3)6(10)11/h3-4,8H,1-2H2,(H2,7,9)(H,10,11)/t3?,4-/m0/s1. The second-order valence-electron chi connectivity index (χ2n) is 2.57. The average molecular weight is 158 g/mol. The summed E-state index contributed by atoms with van der Waals surface area (Å²) in [5.41, 5.74) is 4.98. The molecule has 5 heteroatoms. The van der Waals surface area contributed by atoms with Crippen molar-refractivity contribution >= 4 is 11.9 Å². The van der Waals surface area contributed by atoms with Crippen molar-refractivity contribution in [3.8, 4) is 0 Å². The van der Waals surface area contributed by atoms with E-state index in [1.54, 1.807) is 0 Å². The Morgan fingerprint density at radius 2 is 2.18 bits per heavy atom. The number of nitrogens with two attached hydrogens (primary N) is 1. The lowest BCUT2D eigenvalue weighted by Crippen LogP contribution is -2.40. The van der Waals surface area contributed by atoms with Crippen molar-refractivity contribution in [2.75, 3.05) is 6.54 Å². The first kappa shape index (κ1) is 8.00. The molecule has 0 radical (unpaired) electrons. The summed E-state index contributed by atoms with van der Waals surface area (Å²) in [6.45, 7) is 0.546. The van der Waals surface area contributed by atoms with Crippen LogP contribution in [0.5, 0.6) is 0 Å². The van der Waals surface area contributed by atoms with E-state index >= 15 is 0 Å². The molecular weight excluding hydrogens is 148 g/mol. The predicted molar refractivity (Wildman–Crippen MR) is 36.7 cm³/mol. The Morgan fingerprint density at radius 3 is 2.55 bits per heavy atom. The van der Waals surface area contributed by atoms with Gasteiger partial charge in [-0.05, 0) is 13.0 Å². The number of aliphatic carboxylic acids is 1. The maximum atomic E-state index is 10.6. The molecule has 1 fully saturated rings. The van der Waals surface area contributed by atoms with Gasteiger partial charge in [0.2, 0.25) is 5.91 Å². The molecule has 4 N–H and O–H groups in total. The minimum absolute atomic E-state index is 0.520. The first-order chi connectivity index (χ1) is 5.13. The van der Waals surface area contributed by atoms with Gasteiger partial charge in [0, 0.05) is 0 Å². The van der Waals surface area contributed by atoms with E-state index in [0.29, 0.717) is 13.0 Å². The fourth-order valence-electron chi connectivity index (χ4n) is 1.27. The smallest absolute Gasteiger partial charge is 0.321 e. The van der Waals surface area contributed by atoms with E-state index in [1.807, 2.05) is 0 Å². The third kappa shape index (κ3) is 1.48. The molecule has 5 nitrogen and oxygen atoms in total. The van der Waals surface area contributed by atoms with Crippen LogP contribution in [0.4, 0.5) is 0 Å². The van der Waals surface area contributed by atoms with E-state index in [2.05, 4.69) is 5.32 Å². The monoisotopic (exact) mass is 158 g/mol. The molecule has 0 aromatic carbocycles. The molecule has 1 unspecified atom stereocenters. The normalized spacial score (nSPS) is 30.2. The van der Waals surface area contributed by atoms with Crippen molar-refractivity contribution in [1.82, 2.24) is 5.32 Å². The Hall–Kier alpha value is -1.10. The molecule has 2 atom stereocenters. The van der Waals surface area contributed by atoms with Gasteiger partial charge in [0.05, 0.1) is 5.92 Å². The highest BCUT2D eigenvalue weighted by Gasteiger charge is 2.36. The summed E-state index contributed by atoms with van der Waals surface area (Å²) in [4.78, 5) is 21.1. The van der Waals surface area contributed by atoms with Gasteiger partial charge in [0.15, 0.2) is 0 Å². The first-order valence-electron chi connectivity index (χ1n) is 3.38. The van der Waals surface area contributed by atoms with E-state index < -0.39 is 23.8 Å². The van der Waals surface area contributed by atoms with Gasteiger partial charge in [-0.1, -0.05) is 0 Å². The Bertz CT molecular complexity index is 172. The fourth-order valence-corrected chi connectivity index (χ4v) is 1.27. The number of rotatable bonds is 2. The Morgan fingerprint density at radius 1 is 1.55 bits per heavy atom. The largest absolute Gasteiger partial charge is 0.480 e. The van der Waals surface area contributed by atoms with Gasteiger partial charge < -0.3 is 16.2 Å². The summed E-state index contributed by atoms with van der Waals surface area (Å²) >= 11 is 0. The molecule has 1 saturated heterocycles. The van der Waals surface area contributed by atoms with Crippen molar-refractivity contribution in [2.45, 2.75) is 12.5 Å². The molecule has 1 amide bonds. The summed E-state index contributed by atoms with van der Waals surface area (Å²) in [5.74, 6) is -2.10. The second-order valence-corrected chi connectivity index (χ2v) is 2.57. The lowest BCUT2D eigenvalue weighted by Gasteiger charge is -2.10. The highest BCUT2D eigenvalue weighted by Crippen LogP contribution is 2.14. The average Bonchev–Trinajstić information content (AvgIpc) is 2.32. The van der Waals surface area contributed by atoms with Crippen molar-refractivity contribution < 1.29 is 14.7 Å². The molecule has 11 heavy (non-hydrogen) atoms. The molecule has 1 aliphatic rings. The minimum Gasteiger partial charge on any atom is -0.480 e. The van der Waals surface area contributed by atoms with Gasteiger partial charge in [-0.15, -0.1) is 0 Å². The molecule has 0 saturated carbocycles. The van der Waals surface area contributed by atoms with E-state index in [1.165, 1.54) is 0 Å². The molecule has 1 rings (SSSR count). The highest BCUT2D eigenvalue weighted by molar-refractivity contribution is 5.86. The third-order valence-corrected chi connectivity index (χ3v) is 1.85. The zero-order valence-corrected chi connectivity index (χ0v) is 5.91. The SMILES string of the molecule is NC(=O)C1CCN[C@@H]1C(=O)O. The molecule has 0 spiro atoms. The zero-order chi connectivity index (χ0) is 8.43. The van der Waals surface area contributed by atoms with Crippen LogP contribution in [0, 0.1) is 5.92 Å². The van der Waals surface area contributed by atoms with Gasteiger partial charge in [-0.3, -0.25) is 9.59 Å². The lowest BCUT2D eigenvalue weighted by atomic mass is 10.0. The van der Waals surface area contributed by atoms with Crippen molar-refractivity contribution in [1.29, 1.82) is 0 Å². The van der Waals surface area contributed by atoms with E-state index in [-0.39, 0.29) is 0 Å². The summed E-state index contributed by atoms with van der Waals surface area (Å²) in [7, 11) is 0. The van der Waals surface area contributed by atoms with Crippen LogP contribution in [-0.2, 0) is 9.59 Å². The summed E-state index contributed by atoms with van der Waals surface area (Å²) in [6.07, 6.45) is 0.520. The van der Waals surface area contributed by atoms with Gasteiger partial charge in [0.1, 0.15) is 6.04 Å². The summed E-state index contributed by atoms with van der Waals surface area (Å²) in [6, 6.07) is -0.785. The van der Waals surface area contributed by atoms with Gasteiger partial charge >= 0.3 is 5.97 Å². The van der Waals surface area contributed by atoms with Crippen LogP contribution < -0.4 is 11.1 Å². The maximum absolute atomic E-state index is 10.6. The third-order valence-electron chi connectivity index (χ3n) is 1.85. The van der Waals surface area contributed by atoms with Gasteiger partial charge in [0.25, 0.3) is 0 Å². The topological polar surface area (TPSA) is 92.4 Å². The van der Waals surface area contributed by atoms with E-state index in [4.69, 9.17) is 10.8 Å². The van der Waals surface area contributed by atoms with Crippen LogP contribution >= 0.6 is 0 Å². The number of hydrogen-bond acceptors (Lipinski definition) is 3. The Balaban J connectivity index is 2.65.